The van der Waals surface area contributed by atoms with Gasteiger partial charge in [-0.05, 0) is 37.8 Å². The molecule has 1 amide bonds. The van der Waals surface area contributed by atoms with Crippen LogP contribution in [0, 0.1) is 13.8 Å². The Balaban J connectivity index is 2.62. The molecule has 0 N–H and O–H groups in total. The molecule has 0 saturated carbocycles. The zero-order valence-electron chi connectivity index (χ0n) is 12.5. The van der Waals surface area contributed by atoms with Gasteiger partial charge in [0.2, 0.25) is 0 Å². The van der Waals surface area contributed by atoms with E-state index in [1.807, 2.05) is 36.9 Å². The molecule has 19 heavy (non-hydrogen) atoms. The molecule has 0 aromatic heterocycles. The van der Waals surface area contributed by atoms with Crippen LogP contribution in [0.5, 0.6) is 5.75 Å². The maximum absolute atomic E-state index is 12.1. The lowest BCUT2D eigenvalue weighted by Crippen LogP contribution is -2.36. The average Bonchev–Trinajstić information content (AvgIpc) is 2.37. The van der Waals surface area contributed by atoms with Crippen LogP contribution in [-0.2, 0) is 4.79 Å². The highest BCUT2D eigenvalue weighted by Gasteiger charge is 2.13. The first-order valence-electron chi connectivity index (χ1n) is 7.06. The van der Waals surface area contributed by atoms with Crippen molar-refractivity contribution in [1.82, 2.24) is 4.90 Å². The smallest absolute Gasteiger partial charge is 0.260 e. The maximum atomic E-state index is 12.1. The van der Waals surface area contributed by atoms with E-state index >= 15 is 0 Å². The summed E-state index contributed by atoms with van der Waals surface area (Å²) in [5, 5.41) is 0. The van der Waals surface area contributed by atoms with E-state index in [0.717, 1.165) is 42.8 Å². The minimum absolute atomic E-state index is 0.0753. The van der Waals surface area contributed by atoms with E-state index in [2.05, 4.69) is 13.8 Å². The minimum atomic E-state index is 0.0753. The second kappa shape index (κ2) is 7.82. The number of benzene rings is 1. The van der Waals surface area contributed by atoms with Gasteiger partial charge in [-0.2, -0.15) is 0 Å². The van der Waals surface area contributed by atoms with Gasteiger partial charge in [-0.1, -0.05) is 32.0 Å². The van der Waals surface area contributed by atoms with E-state index in [1.54, 1.807) is 0 Å². The zero-order valence-corrected chi connectivity index (χ0v) is 12.5. The second-order valence-electron chi connectivity index (χ2n) is 4.89. The van der Waals surface area contributed by atoms with Crippen molar-refractivity contribution in [3.8, 4) is 5.75 Å². The summed E-state index contributed by atoms with van der Waals surface area (Å²) in [7, 11) is 0. The van der Waals surface area contributed by atoms with E-state index in [-0.39, 0.29) is 12.5 Å². The molecule has 0 aliphatic heterocycles. The predicted octanol–water partition coefficient (Wildman–Crippen LogP) is 3.33. The Morgan fingerprint density at radius 3 is 2.11 bits per heavy atom. The molecular formula is C16H25NO2. The van der Waals surface area contributed by atoms with Crippen LogP contribution < -0.4 is 4.74 Å². The van der Waals surface area contributed by atoms with Crippen LogP contribution >= 0.6 is 0 Å². The summed E-state index contributed by atoms with van der Waals surface area (Å²) in [4.78, 5) is 14.0. The lowest BCUT2D eigenvalue weighted by molar-refractivity contribution is -0.133. The molecule has 0 unspecified atom stereocenters. The van der Waals surface area contributed by atoms with Crippen molar-refractivity contribution >= 4 is 5.91 Å². The zero-order chi connectivity index (χ0) is 14.3. The maximum Gasteiger partial charge on any atom is 0.260 e. The van der Waals surface area contributed by atoms with Crippen molar-refractivity contribution in [2.45, 2.75) is 40.5 Å². The number of hydrogen-bond donors (Lipinski definition) is 0. The van der Waals surface area contributed by atoms with Crippen LogP contribution in [0.25, 0.3) is 0 Å². The number of hydrogen-bond acceptors (Lipinski definition) is 2. The van der Waals surface area contributed by atoms with Gasteiger partial charge in [0.1, 0.15) is 5.75 Å². The largest absolute Gasteiger partial charge is 0.483 e. The summed E-state index contributed by atoms with van der Waals surface area (Å²) < 4.78 is 5.71. The van der Waals surface area contributed by atoms with Crippen molar-refractivity contribution in [3.63, 3.8) is 0 Å². The van der Waals surface area contributed by atoms with Gasteiger partial charge in [0.15, 0.2) is 6.61 Å². The van der Waals surface area contributed by atoms with Crippen LogP contribution in [0.3, 0.4) is 0 Å². The Morgan fingerprint density at radius 1 is 1.11 bits per heavy atom. The summed E-state index contributed by atoms with van der Waals surface area (Å²) in [5.74, 6) is 0.912. The molecule has 0 aliphatic carbocycles. The molecule has 0 spiro atoms. The summed E-state index contributed by atoms with van der Waals surface area (Å²) in [6.45, 7) is 9.92. The number of carbonyl (C=O) groups excluding carboxylic acids is 1. The summed E-state index contributed by atoms with van der Waals surface area (Å²) in [6, 6.07) is 6.01. The lowest BCUT2D eigenvalue weighted by Gasteiger charge is -2.22. The molecule has 3 nitrogen and oxygen atoms in total. The molecule has 0 atom stereocenters. The van der Waals surface area contributed by atoms with Gasteiger partial charge in [0.05, 0.1) is 0 Å². The fourth-order valence-corrected chi connectivity index (χ4v) is 2.15. The number of aryl methyl sites for hydroxylation is 2. The van der Waals surface area contributed by atoms with Crippen molar-refractivity contribution in [1.29, 1.82) is 0 Å². The SMILES string of the molecule is CCCN(CCC)C(=O)COc1c(C)cccc1C. The van der Waals surface area contributed by atoms with E-state index in [0.29, 0.717) is 0 Å². The lowest BCUT2D eigenvalue weighted by atomic mass is 10.1. The summed E-state index contributed by atoms with van der Waals surface area (Å²) >= 11 is 0. The topological polar surface area (TPSA) is 29.5 Å². The Hall–Kier alpha value is -1.51. The second-order valence-corrected chi connectivity index (χ2v) is 4.89. The first-order chi connectivity index (χ1) is 9.10. The van der Waals surface area contributed by atoms with Crippen molar-refractivity contribution < 1.29 is 9.53 Å². The molecule has 1 aromatic carbocycles. The van der Waals surface area contributed by atoms with E-state index < -0.39 is 0 Å². The highest BCUT2D eigenvalue weighted by molar-refractivity contribution is 5.77. The highest BCUT2D eigenvalue weighted by Crippen LogP contribution is 2.22. The van der Waals surface area contributed by atoms with Crippen LogP contribution in [0.4, 0.5) is 0 Å². The van der Waals surface area contributed by atoms with E-state index in [1.165, 1.54) is 0 Å². The molecule has 1 aromatic rings. The molecule has 0 bridgehead atoms. The van der Waals surface area contributed by atoms with Crippen molar-refractivity contribution in [2.24, 2.45) is 0 Å². The molecule has 0 aliphatic rings. The molecule has 0 heterocycles. The van der Waals surface area contributed by atoms with Crippen LogP contribution in [-0.4, -0.2) is 30.5 Å². The highest BCUT2D eigenvalue weighted by atomic mass is 16.5. The molecular weight excluding hydrogens is 238 g/mol. The average molecular weight is 263 g/mol. The fraction of sp³-hybridized carbons (Fsp3) is 0.562. The van der Waals surface area contributed by atoms with Gasteiger partial charge >= 0.3 is 0 Å². The van der Waals surface area contributed by atoms with Crippen LogP contribution in [0.1, 0.15) is 37.8 Å². The third-order valence-corrected chi connectivity index (χ3v) is 3.09. The quantitative estimate of drug-likeness (QED) is 0.755. The minimum Gasteiger partial charge on any atom is -0.483 e. The first kappa shape index (κ1) is 15.5. The standard InChI is InChI=1S/C16H25NO2/c1-5-10-17(11-6-2)15(18)12-19-16-13(3)8-7-9-14(16)4/h7-9H,5-6,10-12H2,1-4H3. The van der Waals surface area contributed by atoms with Crippen LogP contribution in [0.15, 0.2) is 18.2 Å². The van der Waals surface area contributed by atoms with Crippen molar-refractivity contribution in [3.05, 3.63) is 29.3 Å². The Kier molecular flexibility index (Phi) is 6.40. The first-order valence-corrected chi connectivity index (χ1v) is 7.06. The Bertz CT molecular complexity index is 389. The van der Waals surface area contributed by atoms with E-state index in [9.17, 15) is 4.79 Å². The Morgan fingerprint density at radius 2 is 1.63 bits per heavy atom. The van der Waals surface area contributed by atoms with Gasteiger partial charge in [0, 0.05) is 13.1 Å². The number of nitrogens with zero attached hydrogens (tertiary/aromatic N) is 1. The molecule has 1 rings (SSSR count). The molecule has 0 saturated heterocycles. The molecule has 0 radical (unpaired) electrons. The molecule has 106 valence electrons. The monoisotopic (exact) mass is 263 g/mol. The molecule has 0 fully saturated rings. The number of rotatable bonds is 7. The predicted molar refractivity (Wildman–Crippen MR) is 78.6 cm³/mol. The van der Waals surface area contributed by atoms with Crippen molar-refractivity contribution in [2.75, 3.05) is 19.7 Å². The summed E-state index contributed by atoms with van der Waals surface area (Å²) in [5.41, 5.74) is 2.15. The van der Waals surface area contributed by atoms with Gasteiger partial charge in [-0.15, -0.1) is 0 Å². The third-order valence-electron chi connectivity index (χ3n) is 3.09. The number of amides is 1. The van der Waals surface area contributed by atoms with Gasteiger partial charge in [-0.3, -0.25) is 4.79 Å². The van der Waals surface area contributed by atoms with Gasteiger partial charge in [0.25, 0.3) is 5.91 Å². The summed E-state index contributed by atoms with van der Waals surface area (Å²) in [6.07, 6.45) is 1.96. The van der Waals surface area contributed by atoms with Gasteiger partial charge < -0.3 is 9.64 Å². The Labute approximate surface area is 116 Å². The van der Waals surface area contributed by atoms with Crippen LogP contribution in [0.2, 0.25) is 0 Å². The third kappa shape index (κ3) is 4.58. The fourth-order valence-electron chi connectivity index (χ4n) is 2.15. The number of carbonyl (C=O) groups is 1. The van der Waals surface area contributed by atoms with E-state index in [4.69, 9.17) is 4.74 Å². The van der Waals surface area contributed by atoms with Gasteiger partial charge in [-0.25, -0.2) is 0 Å². The normalized spacial score (nSPS) is 10.3. The molecule has 3 heteroatoms. The number of ether oxygens (including phenoxy) is 1. The number of para-hydroxylation sites is 1.